The number of nitrogens with zero attached hydrogens (tertiary/aromatic N) is 1. The fraction of sp³-hybridized carbons (Fsp3) is 0.529. The Morgan fingerprint density at radius 3 is 2.95 bits per heavy atom. The number of benzene rings is 1. The first kappa shape index (κ1) is 13.8. The molecule has 2 saturated carbocycles. The van der Waals surface area contributed by atoms with Crippen LogP contribution in [0, 0.1) is 5.41 Å². The van der Waals surface area contributed by atoms with Gasteiger partial charge in [0, 0.05) is 11.6 Å². The van der Waals surface area contributed by atoms with Gasteiger partial charge in [-0.05, 0) is 42.9 Å². The first-order chi connectivity index (χ1) is 10.7. The van der Waals surface area contributed by atoms with Crippen LogP contribution in [0.15, 0.2) is 18.2 Å². The van der Waals surface area contributed by atoms with E-state index in [0.29, 0.717) is 22.8 Å². The van der Waals surface area contributed by atoms with E-state index in [-0.39, 0.29) is 12.5 Å². The van der Waals surface area contributed by atoms with Gasteiger partial charge >= 0.3 is 0 Å². The number of nitrogens with one attached hydrogen (secondary N) is 2. The van der Waals surface area contributed by atoms with Crippen molar-refractivity contribution in [3.63, 3.8) is 0 Å². The zero-order valence-electron chi connectivity index (χ0n) is 12.6. The molecular formula is C17H21N3O2. The number of aromatic nitrogens is 2. The van der Waals surface area contributed by atoms with Crippen molar-refractivity contribution in [3.05, 3.63) is 29.6 Å². The van der Waals surface area contributed by atoms with E-state index in [0.717, 1.165) is 17.5 Å². The Morgan fingerprint density at radius 2 is 2.18 bits per heavy atom. The number of fused-ring (bicyclic) bond motifs is 1. The average molecular weight is 299 g/mol. The number of amides is 1. The third-order valence-corrected chi connectivity index (χ3v) is 5.29. The maximum absolute atomic E-state index is 12.4. The minimum Gasteiger partial charge on any atom is -0.388 e. The second-order valence-corrected chi connectivity index (χ2v) is 6.73. The highest BCUT2D eigenvalue weighted by atomic mass is 16.3. The number of imidazole rings is 1. The largest absolute Gasteiger partial charge is 0.388 e. The lowest BCUT2D eigenvalue weighted by atomic mass is 9.86. The zero-order valence-corrected chi connectivity index (χ0v) is 12.6. The van der Waals surface area contributed by atoms with Gasteiger partial charge in [0.2, 0.25) is 0 Å². The molecule has 0 saturated heterocycles. The van der Waals surface area contributed by atoms with E-state index < -0.39 is 0 Å². The third kappa shape index (κ3) is 2.29. The average Bonchev–Trinajstić information content (AvgIpc) is 3.01. The van der Waals surface area contributed by atoms with Crippen LogP contribution in [0.4, 0.5) is 0 Å². The summed E-state index contributed by atoms with van der Waals surface area (Å²) in [5.74, 6) is 0.519. The molecule has 0 bridgehead atoms. The maximum atomic E-state index is 12.4. The van der Waals surface area contributed by atoms with Crippen LogP contribution in [-0.4, -0.2) is 27.0 Å². The van der Waals surface area contributed by atoms with Crippen molar-refractivity contribution in [3.8, 4) is 0 Å². The van der Waals surface area contributed by atoms with Crippen LogP contribution in [0.1, 0.15) is 54.7 Å². The first-order valence-corrected chi connectivity index (χ1v) is 8.11. The Kier molecular flexibility index (Phi) is 3.18. The van der Waals surface area contributed by atoms with E-state index in [1.807, 2.05) is 12.1 Å². The van der Waals surface area contributed by atoms with E-state index in [1.54, 1.807) is 6.07 Å². The molecule has 2 fully saturated rings. The number of rotatable bonds is 3. The maximum Gasteiger partial charge on any atom is 0.251 e. The van der Waals surface area contributed by atoms with E-state index in [9.17, 15) is 4.79 Å². The molecule has 3 N–H and O–H groups in total. The van der Waals surface area contributed by atoms with Gasteiger partial charge in [-0.2, -0.15) is 0 Å². The Balaban J connectivity index is 1.48. The van der Waals surface area contributed by atoms with Crippen molar-refractivity contribution in [1.29, 1.82) is 0 Å². The SMILES string of the molecule is O=C(NC1CC12CCCCC2)c1ccc2nc(CO)[nH]c2c1. The molecule has 1 heterocycles. The standard InChI is InChI=1S/C17H21N3O2/c21-10-15-18-12-5-4-11(8-13(12)19-15)16(22)20-14-9-17(14)6-2-1-3-7-17/h4-5,8,14,21H,1-3,6-7,9-10H2,(H,18,19)(H,20,22). The molecule has 2 aliphatic carbocycles. The van der Waals surface area contributed by atoms with Gasteiger partial charge in [0.25, 0.3) is 5.91 Å². The summed E-state index contributed by atoms with van der Waals surface area (Å²) in [6, 6.07) is 5.79. The van der Waals surface area contributed by atoms with Gasteiger partial charge in [0.15, 0.2) is 0 Å². The lowest BCUT2D eigenvalue weighted by Gasteiger charge is -2.22. The predicted molar refractivity (Wildman–Crippen MR) is 83.4 cm³/mol. The molecule has 0 radical (unpaired) electrons. The van der Waals surface area contributed by atoms with E-state index in [2.05, 4.69) is 15.3 Å². The normalized spacial score (nSPS) is 22.9. The molecule has 2 aliphatic rings. The Hall–Kier alpha value is -1.88. The van der Waals surface area contributed by atoms with E-state index in [4.69, 9.17) is 5.11 Å². The molecule has 116 valence electrons. The van der Waals surface area contributed by atoms with Gasteiger partial charge < -0.3 is 15.4 Å². The number of carbonyl (C=O) groups is 1. The number of aliphatic hydroxyl groups excluding tert-OH is 1. The second-order valence-electron chi connectivity index (χ2n) is 6.73. The molecule has 4 rings (SSSR count). The van der Waals surface area contributed by atoms with Crippen LogP contribution in [0.3, 0.4) is 0 Å². The Labute approximate surface area is 129 Å². The molecule has 1 aromatic carbocycles. The quantitative estimate of drug-likeness (QED) is 0.815. The molecule has 5 nitrogen and oxygen atoms in total. The first-order valence-electron chi connectivity index (χ1n) is 8.11. The highest BCUT2D eigenvalue weighted by Crippen LogP contribution is 2.56. The minimum atomic E-state index is -0.124. The third-order valence-electron chi connectivity index (χ3n) is 5.29. The number of aliphatic hydroxyl groups is 1. The van der Waals surface area contributed by atoms with Crippen LogP contribution in [0.5, 0.6) is 0 Å². The molecule has 1 atom stereocenters. The highest BCUT2D eigenvalue weighted by Gasteiger charge is 2.54. The van der Waals surface area contributed by atoms with Crippen LogP contribution >= 0.6 is 0 Å². The topological polar surface area (TPSA) is 78.0 Å². The predicted octanol–water partition coefficient (Wildman–Crippen LogP) is 2.51. The molecule has 2 aromatic rings. The summed E-state index contributed by atoms with van der Waals surface area (Å²) < 4.78 is 0. The van der Waals surface area contributed by atoms with Crippen molar-refractivity contribution < 1.29 is 9.90 Å². The summed E-state index contributed by atoms with van der Waals surface area (Å²) in [6.07, 6.45) is 7.60. The lowest BCUT2D eigenvalue weighted by Crippen LogP contribution is -2.30. The van der Waals surface area contributed by atoms with Gasteiger partial charge in [0.1, 0.15) is 12.4 Å². The smallest absolute Gasteiger partial charge is 0.251 e. The van der Waals surface area contributed by atoms with Gasteiger partial charge in [-0.3, -0.25) is 4.79 Å². The number of H-pyrrole nitrogens is 1. The molecule has 1 unspecified atom stereocenters. The van der Waals surface area contributed by atoms with Crippen molar-refractivity contribution in [2.45, 2.75) is 51.2 Å². The molecule has 1 spiro atoms. The van der Waals surface area contributed by atoms with Gasteiger partial charge in [-0.25, -0.2) is 4.98 Å². The summed E-state index contributed by atoms with van der Waals surface area (Å²) in [4.78, 5) is 19.7. The van der Waals surface area contributed by atoms with Crippen molar-refractivity contribution in [1.82, 2.24) is 15.3 Å². The van der Waals surface area contributed by atoms with Gasteiger partial charge in [0.05, 0.1) is 11.0 Å². The number of aromatic amines is 1. The van der Waals surface area contributed by atoms with Gasteiger partial charge in [-0.15, -0.1) is 0 Å². The van der Waals surface area contributed by atoms with Crippen molar-refractivity contribution >= 4 is 16.9 Å². The van der Waals surface area contributed by atoms with Crippen LogP contribution in [0.2, 0.25) is 0 Å². The number of carbonyl (C=O) groups excluding carboxylic acids is 1. The molecule has 5 heteroatoms. The summed E-state index contributed by atoms with van der Waals surface area (Å²) in [6.45, 7) is -0.124. The fourth-order valence-corrected chi connectivity index (χ4v) is 3.88. The Bertz CT molecular complexity index is 716. The van der Waals surface area contributed by atoms with Crippen molar-refractivity contribution in [2.75, 3.05) is 0 Å². The van der Waals surface area contributed by atoms with Crippen LogP contribution in [-0.2, 0) is 6.61 Å². The fourth-order valence-electron chi connectivity index (χ4n) is 3.88. The zero-order chi connectivity index (χ0) is 15.2. The van der Waals surface area contributed by atoms with Crippen molar-refractivity contribution in [2.24, 2.45) is 5.41 Å². The molecule has 22 heavy (non-hydrogen) atoms. The molecular weight excluding hydrogens is 278 g/mol. The number of hydrogen-bond donors (Lipinski definition) is 3. The summed E-state index contributed by atoms with van der Waals surface area (Å²) in [7, 11) is 0. The van der Waals surface area contributed by atoms with E-state index >= 15 is 0 Å². The summed E-state index contributed by atoms with van der Waals surface area (Å²) in [5.41, 5.74) is 2.62. The van der Waals surface area contributed by atoms with E-state index in [1.165, 1.54) is 32.1 Å². The molecule has 1 amide bonds. The van der Waals surface area contributed by atoms with Crippen LogP contribution < -0.4 is 5.32 Å². The van der Waals surface area contributed by atoms with Crippen LogP contribution in [0.25, 0.3) is 11.0 Å². The Morgan fingerprint density at radius 1 is 1.36 bits per heavy atom. The van der Waals surface area contributed by atoms with Gasteiger partial charge in [-0.1, -0.05) is 19.3 Å². The summed E-state index contributed by atoms with van der Waals surface area (Å²) >= 11 is 0. The second kappa shape index (κ2) is 5.09. The highest BCUT2D eigenvalue weighted by molar-refractivity contribution is 5.97. The summed E-state index contributed by atoms with van der Waals surface area (Å²) in [5, 5.41) is 12.3. The lowest BCUT2D eigenvalue weighted by molar-refractivity contribution is 0.0942. The molecule has 1 aromatic heterocycles. The molecule has 0 aliphatic heterocycles. The monoisotopic (exact) mass is 299 g/mol. The number of hydrogen-bond acceptors (Lipinski definition) is 3. The minimum absolute atomic E-state index is 0.00510.